The third-order valence-electron chi connectivity index (χ3n) is 4.82. The Bertz CT molecular complexity index is 1370. The fourth-order valence-corrected chi connectivity index (χ4v) is 3.83. The standard InChI is InChI=1S/C24H17Cl2N3O4/c1-13-10-28-21-16(22(13)33-15-9-14(11-27-12-15)24(31)32-2)5-3-8-19(21)29-23(30)20-17(25)6-4-7-18(20)26/h3-12H,1-2H3,(H,29,30). The Morgan fingerprint density at radius 3 is 2.45 bits per heavy atom. The summed E-state index contributed by atoms with van der Waals surface area (Å²) < 4.78 is 10.8. The number of para-hydroxylation sites is 1. The number of ether oxygens (including phenoxy) is 2. The van der Waals surface area contributed by atoms with Crippen LogP contribution in [0.25, 0.3) is 10.9 Å². The molecule has 0 unspecified atom stereocenters. The van der Waals surface area contributed by atoms with Crippen molar-refractivity contribution in [2.24, 2.45) is 0 Å². The molecule has 2 aromatic carbocycles. The minimum atomic E-state index is -0.521. The number of fused-ring (bicyclic) bond motifs is 1. The molecule has 0 radical (unpaired) electrons. The lowest BCUT2D eigenvalue weighted by Crippen LogP contribution is -2.13. The summed E-state index contributed by atoms with van der Waals surface area (Å²) in [4.78, 5) is 33.2. The fourth-order valence-electron chi connectivity index (χ4n) is 3.26. The molecule has 0 aliphatic carbocycles. The molecule has 4 aromatic rings. The summed E-state index contributed by atoms with van der Waals surface area (Å²) in [6.45, 7) is 1.84. The Hall–Kier alpha value is -3.68. The molecular weight excluding hydrogens is 465 g/mol. The van der Waals surface area contributed by atoms with Gasteiger partial charge in [0.25, 0.3) is 5.91 Å². The van der Waals surface area contributed by atoms with E-state index in [0.717, 1.165) is 5.56 Å². The summed E-state index contributed by atoms with van der Waals surface area (Å²) in [5.41, 5.74) is 2.15. The number of halogens is 2. The van der Waals surface area contributed by atoms with Gasteiger partial charge in [-0.15, -0.1) is 0 Å². The topological polar surface area (TPSA) is 90.4 Å². The van der Waals surface area contributed by atoms with Gasteiger partial charge in [0.2, 0.25) is 0 Å². The Morgan fingerprint density at radius 1 is 1.00 bits per heavy atom. The van der Waals surface area contributed by atoms with Crippen molar-refractivity contribution >= 4 is 51.7 Å². The summed E-state index contributed by atoms with van der Waals surface area (Å²) in [7, 11) is 1.29. The van der Waals surface area contributed by atoms with Crippen LogP contribution in [0.3, 0.4) is 0 Å². The average Bonchev–Trinajstić information content (AvgIpc) is 2.80. The van der Waals surface area contributed by atoms with Crippen molar-refractivity contribution in [3.8, 4) is 11.5 Å². The van der Waals surface area contributed by atoms with E-state index in [0.29, 0.717) is 28.1 Å². The van der Waals surface area contributed by atoms with E-state index in [1.165, 1.54) is 25.6 Å². The van der Waals surface area contributed by atoms with Gasteiger partial charge < -0.3 is 14.8 Å². The number of hydrogen-bond donors (Lipinski definition) is 1. The normalized spacial score (nSPS) is 10.7. The van der Waals surface area contributed by atoms with E-state index in [2.05, 4.69) is 15.3 Å². The molecule has 9 heteroatoms. The van der Waals surface area contributed by atoms with E-state index in [4.69, 9.17) is 32.7 Å². The minimum Gasteiger partial charge on any atom is -0.465 e. The number of nitrogens with one attached hydrogen (secondary N) is 1. The number of hydrogen-bond acceptors (Lipinski definition) is 6. The number of rotatable bonds is 5. The number of aryl methyl sites for hydroxylation is 1. The Morgan fingerprint density at radius 2 is 1.73 bits per heavy atom. The van der Waals surface area contributed by atoms with Crippen molar-refractivity contribution in [2.75, 3.05) is 12.4 Å². The van der Waals surface area contributed by atoms with E-state index in [9.17, 15) is 9.59 Å². The van der Waals surface area contributed by atoms with Crippen molar-refractivity contribution in [1.82, 2.24) is 9.97 Å². The first-order valence-electron chi connectivity index (χ1n) is 9.74. The molecule has 0 aliphatic heterocycles. The van der Waals surface area contributed by atoms with E-state index < -0.39 is 11.9 Å². The second kappa shape index (κ2) is 9.44. The maximum Gasteiger partial charge on any atom is 0.339 e. The number of aromatic nitrogens is 2. The highest BCUT2D eigenvalue weighted by Gasteiger charge is 2.18. The number of benzene rings is 2. The molecule has 0 aliphatic rings. The quantitative estimate of drug-likeness (QED) is 0.347. The van der Waals surface area contributed by atoms with Crippen molar-refractivity contribution in [3.63, 3.8) is 0 Å². The summed E-state index contributed by atoms with van der Waals surface area (Å²) in [6.07, 6.45) is 4.51. The van der Waals surface area contributed by atoms with Gasteiger partial charge in [0.15, 0.2) is 0 Å². The SMILES string of the molecule is COC(=O)c1cncc(Oc2c(C)cnc3c(NC(=O)c4c(Cl)cccc4Cl)cccc23)c1. The first-order valence-corrected chi connectivity index (χ1v) is 10.5. The molecule has 7 nitrogen and oxygen atoms in total. The monoisotopic (exact) mass is 481 g/mol. The molecule has 1 N–H and O–H groups in total. The van der Waals surface area contributed by atoms with Crippen LogP contribution in [-0.2, 0) is 4.74 Å². The van der Waals surface area contributed by atoms with Gasteiger partial charge in [0, 0.05) is 23.3 Å². The van der Waals surface area contributed by atoms with Crippen LogP contribution in [0, 0.1) is 6.92 Å². The third kappa shape index (κ3) is 4.60. The van der Waals surface area contributed by atoms with Crippen LogP contribution in [0.5, 0.6) is 11.5 Å². The Kier molecular flexibility index (Phi) is 6.44. The maximum atomic E-state index is 12.9. The summed E-state index contributed by atoms with van der Waals surface area (Å²) >= 11 is 12.3. The van der Waals surface area contributed by atoms with Crippen LogP contribution in [0.2, 0.25) is 10.0 Å². The van der Waals surface area contributed by atoms with Gasteiger partial charge in [-0.05, 0) is 37.3 Å². The molecule has 0 fully saturated rings. The number of carbonyl (C=O) groups is 2. The second-order valence-corrected chi connectivity index (χ2v) is 7.84. The highest BCUT2D eigenvalue weighted by Crippen LogP contribution is 2.35. The van der Waals surface area contributed by atoms with Gasteiger partial charge in [-0.25, -0.2) is 4.79 Å². The molecular formula is C24H17Cl2N3O4. The lowest BCUT2D eigenvalue weighted by molar-refractivity contribution is 0.0599. The highest BCUT2D eigenvalue weighted by atomic mass is 35.5. The fraction of sp³-hybridized carbons (Fsp3) is 0.0833. The van der Waals surface area contributed by atoms with E-state index in [1.54, 1.807) is 36.5 Å². The Balaban J connectivity index is 1.72. The molecule has 0 bridgehead atoms. The van der Waals surface area contributed by atoms with Crippen LogP contribution in [0.1, 0.15) is 26.3 Å². The lowest BCUT2D eigenvalue weighted by atomic mass is 10.1. The summed E-state index contributed by atoms with van der Waals surface area (Å²) in [5, 5.41) is 3.96. The first-order chi connectivity index (χ1) is 15.9. The molecule has 2 heterocycles. The molecule has 0 atom stereocenters. The summed E-state index contributed by atoms with van der Waals surface area (Å²) in [6, 6.07) is 11.7. The summed E-state index contributed by atoms with van der Waals surface area (Å²) in [5.74, 6) is -0.119. The van der Waals surface area contributed by atoms with Crippen molar-refractivity contribution in [3.05, 3.63) is 87.8 Å². The zero-order valence-electron chi connectivity index (χ0n) is 17.6. The van der Waals surface area contributed by atoms with Gasteiger partial charge in [-0.1, -0.05) is 35.3 Å². The van der Waals surface area contributed by atoms with Gasteiger partial charge in [0.1, 0.15) is 11.5 Å². The maximum absolute atomic E-state index is 12.9. The number of pyridine rings is 2. The molecule has 0 spiro atoms. The second-order valence-electron chi connectivity index (χ2n) is 7.03. The lowest BCUT2D eigenvalue weighted by Gasteiger charge is -2.14. The number of nitrogens with zero attached hydrogens (tertiary/aromatic N) is 2. The Labute approximate surface area is 199 Å². The van der Waals surface area contributed by atoms with Crippen LogP contribution >= 0.6 is 23.2 Å². The first kappa shape index (κ1) is 22.5. The number of anilines is 1. The predicted octanol–water partition coefficient (Wildman–Crippen LogP) is 6.08. The number of carbonyl (C=O) groups excluding carboxylic acids is 2. The zero-order chi connectivity index (χ0) is 23.5. The van der Waals surface area contributed by atoms with Crippen molar-refractivity contribution < 1.29 is 19.1 Å². The van der Waals surface area contributed by atoms with Gasteiger partial charge in [-0.2, -0.15) is 0 Å². The number of methoxy groups -OCH3 is 1. The molecule has 166 valence electrons. The molecule has 0 saturated heterocycles. The minimum absolute atomic E-state index is 0.173. The highest BCUT2D eigenvalue weighted by molar-refractivity contribution is 6.40. The van der Waals surface area contributed by atoms with Crippen LogP contribution in [0.4, 0.5) is 5.69 Å². The van der Waals surface area contributed by atoms with E-state index in [1.807, 2.05) is 13.0 Å². The van der Waals surface area contributed by atoms with E-state index >= 15 is 0 Å². The number of amides is 1. The molecule has 2 aromatic heterocycles. The van der Waals surface area contributed by atoms with Crippen molar-refractivity contribution in [1.29, 1.82) is 0 Å². The third-order valence-corrected chi connectivity index (χ3v) is 5.45. The molecule has 0 saturated carbocycles. The molecule has 33 heavy (non-hydrogen) atoms. The van der Waals surface area contributed by atoms with E-state index in [-0.39, 0.29) is 21.2 Å². The van der Waals surface area contributed by atoms with Gasteiger partial charge >= 0.3 is 5.97 Å². The van der Waals surface area contributed by atoms with Gasteiger partial charge in [-0.3, -0.25) is 14.8 Å². The van der Waals surface area contributed by atoms with Crippen molar-refractivity contribution in [2.45, 2.75) is 6.92 Å². The average molecular weight is 482 g/mol. The van der Waals surface area contributed by atoms with Crippen LogP contribution in [0.15, 0.2) is 61.1 Å². The van der Waals surface area contributed by atoms with Crippen LogP contribution < -0.4 is 10.1 Å². The smallest absolute Gasteiger partial charge is 0.339 e. The molecule has 1 amide bonds. The molecule has 4 rings (SSSR count). The zero-order valence-corrected chi connectivity index (χ0v) is 19.1. The largest absolute Gasteiger partial charge is 0.465 e. The van der Waals surface area contributed by atoms with Crippen LogP contribution in [-0.4, -0.2) is 29.0 Å². The number of esters is 1. The predicted molar refractivity (Wildman–Crippen MR) is 127 cm³/mol. The van der Waals surface area contributed by atoms with Gasteiger partial charge in [0.05, 0.1) is 45.7 Å².